The van der Waals surface area contributed by atoms with Gasteiger partial charge in [0.1, 0.15) is 17.7 Å². The molecule has 5 rings (SSSR count). The van der Waals surface area contributed by atoms with E-state index < -0.39 is 12.0 Å². The number of aryl methyl sites for hydroxylation is 1. The Bertz CT molecular complexity index is 1030. The van der Waals surface area contributed by atoms with E-state index in [-0.39, 0.29) is 17.6 Å². The maximum Gasteiger partial charge on any atom is 0.320 e. The van der Waals surface area contributed by atoms with E-state index in [4.69, 9.17) is 0 Å². The summed E-state index contributed by atoms with van der Waals surface area (Å²) in [5.41, 5.74) is 2.20. The van der Waals surface area contributed by atoms with Crippen LogP contribution in [0.1, 0.15) is 62.0 Å². The minimum Gasteiger partial charge on any atom is -0.480 e. The second kappa shape index (κ2) is 12.0. The van der Waals surface area contributed by atoms with Crippen molar-refractivity contribution >= 4 is 5.97 Å². The van der Waals surface area contributed by atoms with Gasteiger partial charge in [0.2, 0.25) is 0 Å². The number of carbonyl (C=O) groups is 1. The Morgan fingerprint density at radius 2 is 1.70 bits per heavy atom. The number of carboxylic acids is 1. The third-order valence-corrected chi connectivity index (χ3v) is 8.92. The van der Waals surface area contributed by atoms with Gasteiger partial charge in [0.25, 0.3) is 0 Å². The summed E-state index contributed by atoms with van der Waals surface area (Å²) in [7, 11) is 0. The fourth-order valence-corrected chi connectivity index (χ4v) is 6.57. The van der Waals surface area contributed by atoms with Gasteiger partial charge in [0, 0.05) is 25.6 Å². The minimum atomic E-state index is -0.716. The largest absolute Gasteiger partial charge is 0.480 e. The summed E-state index contributed by atoms with van der Waals surface area (Å²) in [4.78, 5) is 16.9. The highest BCUT2D eigenvalue weighted by atomic mass is 19.1. The SMILES string of the molecule is O=C(O)[C@@H](CC1CC1)N1C[C@H](CN2CCC(CCCc3ccc(F)cc3)CC2)[C@@H](c2cccc(F)c2)C1. The van der Waals surface area contributed by atoms with Gasteiger partial charge in [-0.2, -0.15) is 0 Å². The monoisotopic (exact) mass is 510 g/mol. The van der Waals surface area contributed by atoms with Gasteiger partial charge in [-0.05, 0) is 98.3 Å². The molecule has 0 radical (unpaired) electrons. The number of aliphatic carboxylic acids is 1. The van der Waals surface area contributed by atoms with Crippen LogP contribution in [0.2, 0.25) is 0 Å². The van der Waals surface area contributed by atoms with Gasteiger partial charge < -0.3 is 10.0 Å². The molecule has 2 saturated heterocycles. The zero-order valence-electron chi connectivity index (χ0n) is 21.7. The van der Waals surface area contributed by atoms with E-state index in [0.717, 1.165) is 69.8 Å². The van der Waals surface area contributed by atoms with Gasteiger partial charge in [0.15, 0.2) is 0 Å². The van der Waals surface area contributed by atoms with Crippen molar-refractivity contribution < 1.29 is 18.7 Å². The Kier molecular flexibility index (Phi) is 8.56. The molecule has 3 aliphatic rings. The number of benzene rings is 2. The number of likely N-dealkylation sites (tertiary alicyclic amines) is 2. The van der Waals surface area contributed by atoms with Crippen molar-refractivity contribution in [3.8, 4) is 0 Å². The summed E-state index contributed by atoms with van der Waals surface area (Å²) in [5, 5.41) is 9.98. The molecule has 37 heavy (non-hydrogen) atoms. The van der Waals surface area contributed by atoms with Gasteiger partial charge in [-0.1, -0.05) is 43.5 Å². The van der Waals surface area contributed by atoms with Crippen LogP contribution in [0, 0.1) is 29.4 Å². The maximum absolute atomic E-state index is 14.1. The number of hydrogen-bond acceptors (Lipinski definition) is 3. The van der Waals surface area contributed by atoms with E-state index in [2.05, 4.69) is 9.80 Å². The van der Waals surface area contributed by atoms with Crippen LogP contribution in [0.5, 0.6) is 0 Å². The van der Waals surface area contributed by atoms with Crippen LogP contribution in [0.15, 0.2) is 48.5 Å². The zero-order valence-corrected chi connectivity index (χ0v) is 21.7. The van der Waals surface area contributed by atoms with Crippen LogP contribution in [0.3, 0.4) is 0 Å². The molecular weight excluding hydrogens is 470 g/mol. The summed E-state index contributed by atoms with van der Waals surface area (Å²) in [6.45, 7) is 4.53. The second-order valence-corrected chi connectivity index (χ2v) is 11.7. The molecule has 0 amide bonds. The molecule has 200 valence electrons. The third kappa shape index (κ3) is 7.17. The average Bonchev–Trinajstić information content (AvgIpc) is 3.62. The fraction of sp³-hybridized carbons (Fsp3) is 0.581. The number of halogens is 2. The molecule has 3 atom stereocenters. The van der Waals surface area contributed by atoms with Crippen molar-refractivity contribution in [1.82, 2.24) is 9.80 Å². The third-order valence-electron chi connectivity index (χ3n) is 8.92. The van der Waals surface area contributed by atoms with Crippen LogP contribution >= 0.6 is 0 Å². The molecule has 2 heterocycles. The van der Waals surface area contributed by atoms with Crippen LogP contribution < -0.4 is 0 Å². The molecule has 4 nitrogen and oxygen atoms in total. The molecule has 3 fully saturated rings. The molecule has 0 unspecified atom stereocenters. The lowest BCUT2D eigenvalue weighted by Crippen LogP contribution is -2.41. The van der Waals surface area contributed by atoms with Gasteiger partial charge in [-0.15, -0.1) is 0 Å². The summed E-state index contributed by atoms with van der Waals surface area (Å²) >= 11 is 0. The Morgan fingerprint density at radius 1 is 0.946 bits per heavy atom. The van der Waals surface area contributed by atoms with Gasteiger partial charge in [-0.25, -0.2) is 8.78 Å². The van der Waals surface area contributed by atoms with Crippen LogP contribution in [-0.2, 0) is 11.2 Å². The highest BCUT2D eigenvalue weighted by Gasteiger charge is 2.42. The Labute approximate surface area is 219 Å². The van der Waals surface area contributed by atoms with Crippen LogP contribution in [0.25, 0.3) is 0 Å². The standard InChI is InChI=1S/C31H40F2N2O2/c32-27-11-9-22(10-12-27)3-1-4-23-13-15-34(16-14-23)19-26-20-35(30(31(36)37)17-24-7-8-24)21-29(26)25-5-2-6-28(33)18-25/h2,5-6,9-12,18,23-24,26,29-30H,1,3-4,7-8,13-17,19-21H2,(H,36,37)/t26-,29+,30+/m0/s1. The average molecular weight is 511 g/mol. The summed E-state index contributed by atoms with van der Waals surface area (Å²) < 4.78 is 27.2. The van der Waals surface area contributed by atoms with Crippen LogP contribution in [-0.4, -0.2) is 59.6 Å². The Hall–Kier alpha value is -2.31. The fourth-order valence-electron chi connectivity index (χ4n) is 6.57. The lowest BCUT2D eigenvalue weighted by molar-refractivity contribution is -0.143. The number of nitrogens with zero attached hydrogens (tertiary/aromatic N) is 2. The molecule has 2 aromatic rings. The van der Waals surface area contributed by atoms with Gasteiger partial charge >= 0.3 is 5.97 Å². The topological polar surface area (TPSA) is 43.8 Å². The first-order valence-electron chi connectivity index (χ1n) is 14.1. The number of rotatable bonds is 11. The van der Waals surface area contributed by atoms with E-state index in [0.29, 0.717) is 18.4 Å². The first-order chi connectivity index (χ1) is 17.9. The molecule has 0 bridgehead atoms. The first kappa shape index (κ1) is 26.3. The van der Waals surface area contributed by atoms with Gasteiger partial charge in [0.05, 0.1) is 0 Å². The lowest BCUT2D eigenvalue weighted by Gasteiger charge is -2.35. The van der Waals surface area contributed by atoms with Crippen molar-refractivity contribution in [3.05, 3.63) is 71.3 Å². The smallest absolute Gasteiger partial charge is 0.320 e. The van der Waals surface area contributed by atoms with Crippen LogP contribution in [0.4, 0.5) is 8.78 Å². The van der Waals surface area contributed by atoms with E-state index in [9.17, 15) is 18.7 Å². The maximum atomic E-state index is 14.1. The molecule has 0 aromatic heterocycles. The predicted molar refractivity (Wildman–Crippen MR) is 141 cm³/mol. The molecule has 1 saturated carbocycles. The summed E-state index contributed by atoms with van der Waals surface area (Å²) in [5.74, 6) is 0.627. The van der Waals surface area contributed by atoms with Gasteiger partial charge in [-0.3, -0.25) is 9.69 Å². The summed E-state index contributed by atoms with van der Waals surface area (Å²) in [6, 6.07) is 13.3. The Balaban J connectivity index is 1.16. The first-order valence-corrected chi connectivity index (χ1v) is 14.1. The quantitative estimate of drug-likeness (QED) is 0.405. The number of piperidine rings is 1. The van der Waals surface area contributed by atoms with Crippen molar-refractivity contribution in [3.63, 3.8) is 0 Å². The van der Waals surface area contributed by atoms with E-state index in [1.807, 2.05) is 18.2 Å². The summed E-state index contributed by atoms with van der Waals surface area (Å²) in [6.07, 6.45) is 8.73. The van der Waals surface area contributed by atoms with E-state index in [1.54, 1.807) is 24.3 Å². The lowest BCUT2D eigenvalue weighted by atomic mass is 9.86. The molecule has 6 heteroatoms. The number of carboxylic acid groups (broad SMARTS) is 1. The molecular formula is C31H40F2N2O2. The molecule has 2 aromatic carbocycles. The van der Waals surface area contributed by atoms with Crippen molar-refractivity contribution in [2.24, 2.45) is 17.8 Å². The second-order valence-electron chi connectivity index (χ2n) is 11.7. The highest BCUT2D eigenvalue weighted by Crippen LogP contribution is 2.39. The van der Waals surface area contributed by atoms with E-state index >= 15 is 0 Å². The van der Waals surface area contributed by atoms with Crippen molar-refractivity contribution in [2.75, 3.05) is 32.7 Å². The van der Waals surface area contributed by atoms with Crippen molar-refractivity contribution in [1.29, 1.82) is 0 Å². The van der Waals surface area contributed by atoms with E-state index in [1.165, 1.54) is 30.9 Å². The Morgan fingerprint density at radius 3 is 2.38 bits per heavy atom. The molecule has 0 spiro atoms. The van der Waals surface area contributed by atoms with Crippen molar-refractivity contribution in [2.45, 2.75) is 63.3 Å². The minimum absolute atomic E-state index is 0.158. The number of hydrogen-bond donors (Lipinski definition) is 1. The normalized spacial score (nSPS) is 24.4. The molecule has 1 N–H and O–H groups in total. The highest BCUT2D eigenvalue weighted by molar-refractivity contribution is 5.73. The molecule has 2 aliphatic heterocycles. The predicted octanol–water partition coefficient (Wildman–Crippen LogP) is 5.97. The molecule has 1 aliphatic carbocycles. The zero-order chi connectivity index (χ0) is 25.8.